The molecule has 0 saturated carbocycles. The number of hydrogen-bond acceptors (Lipinski definition) is 6. The fraction of sp³-hybridized carbons (Fsp3) is 0.0435. The average Bonchev–Trinajstić information content (AvgIpc) is 2.71. The van der Waals surface area contributed by atoms with Gasteiger partial charge in [0.25, 0.3) is 0 Å². The summed E-state index contributed by atoms with van der Waals surface area (Å²) in [5.74, 6) is 5.48. The largest absolute Gasteiger partial charge is 0.508 e. The van der Waals surface area contributed by atoms with E-state index in [2.05, 4.69) is 27.1 Å². The molecule has 0 atom stereocenters. The summed E-state index contributed by atoms with van der Waals surface area (Å²) in [7, 11) is -3.27. The number of benzene rings is 2. The Hall–Kier alpha value is -3.96. The van der Waals surface area contributed by atoms with Crippen molar-refractivity contribution >= 4 is 32.1 Å². The molecule has 0 aliphatic carbocycles. The number of rotatable bonds is 3. The number of phenols is 1. The minimum atomic E-state index is -3.27. The van der Waals surface area contributed by atoms with Crippen molar-refractivity contribution in [3.63, 3.8) is 0 Å². The quantitative estimate of drug-likeness (QED) is 0.474. The van der Waals surface area contributed by atoms with Gasteiger partial charge in [0.2, 0.25) is 0 Å². The van der Waals surface area contributed by atoms with Gasteiger partial charge in [-0.2, -0.15) is 0 Å². The molecule has 0 unspecified atom stereocenters. The van der Waals surface area contributed by atoms with Gasteiger partial charge in [-0.05, 0) is 54.5 Å². The molecule has 0 fully saturated rings. The minimum absolute atomic E-state index is 0.201. The summed E-state index contributed by atoms with van der Waals surface area (Å²) in [6, 6.07) is 13.5. The molecule has 2 heterocycles. The van der Waals surface area contributed by atoms with E-state index in [1.54, 1.807) is 36.7 Å². The molecule has 0 saturated heterocycles. The number of phenolic OH excluding ortho intramolecular Hbond substituents is 1. The smallest absolute Gasteiger partial charge is 0.175 e. The van der Waals surface area contributed by atoms with Gasteiger partial charge in [-0.15, -0.1) is 0 Å². The highest BCUT2D eigenvalue weighted by Crippen LogP contribution is 2.23. The Morgan fingerprint density at radius 1 is 1.00 bits per heavy atom. The number of pyridine rings is 2. The van der Waals surface area contributed by atoms with Crippen LogP contribution in [0.2, 0.25) is 0 Å². The maximum Gasteiger partial charge on any atom is 0.175 e. The van der Waals surface area contributed by atoms with Crippen LogP contribution in [0.15, 0.2) is 71.9 Å². The van der Waals surface area contributed by atoms with Gasteiger partial charge in [0.05, 0.1) is 4.90 Å². The van der Waals surface area contributed by atoms with Crippen LogP contribution in [0.25, 0.3) is 10.8 Å². The second kappa shape index (κ2) is 8.05. The zero-order chi connectivity index (χ0) is 22.0. The molecule has 0 aliphatic rings. The second-order valence-corrected chi connectivity index (χ2v) is 8.84. The molecular formula is C23H16FN3O3S. The van der Waals surface area contributed by atoms with Gasteiger partial charge in [-0.1, -0.05) is 5.92 Å². The molecule has 2 aromatic carbocycles. The number of anilines is 2. The van der Waals surface area contributed by atoms with Crippen molar-refractivity contribution in [2.75, 3.05) is 11.6 Å². The molecule has 0 radical (unpaired) electrons. The van der Waals surface area contributed by atoms with Crippen molar-refractivity contribution in [1.82, 2.24) is 9.97 Å². The SMILES string of the molecule is CS(=O)(=O)c1ccc(Nc2cc3c(C#Cc4cc(O)cc(F)c4)nccc3cn2)cc1. The molecule has 154 valence electrons. The molecule has 8 heteroatoms. The van der Waals surface area contributed by atoms with Crippen LogP contribution in [0, 0.1) is 17.7 Å². The van der Waals surface area contributed by atoms with E-state index < -0.39 is 15.7 Å². The first kappa shape index (κ1) is 20.3. The van der Waals surface area contributed by atoms with E-state index in [0.29, 0.717) is 22.8 Å². The third-order valence-corrected chi connectivity index (χ3v) is 5.54. The molecule has 0 spiro atoms. The summed E-state index contributed by atoms with van der Waals surface area (Å²) in [4.78, 5) is 8.90. The van der Waals surface area contributed by atoms with E-state index in [0.717, 1.165) is 23.1 Å². The van der Waals surface area contributed by atoms with E-state index in [4.69, 9.17) is 0 Å². The first-order valence-corrected chi connectivity index (χ1v) is 11.0. The van der Waals surface area contributed by atoms with Crippen LogP contribution in [0.1, 0.15) is 11.3 Å². The van der Waals surface area contributed by atoms with Crippen molar-refractivity contribution in [3.8, 4) is 17.6 Å². The van der Waals surface area contributed by atoms with Crippen LogP contribution in [0.4, 0.5) is 15.9 Å². The van der Waals surface area contributed by atoms with Crippen LogP contribution in [-0.4, -0.2) is 29.7 Å². The van der Waals surface area contributed by atoms with Crippen LogP contribution >= 0.6 is 0 Å². The lowest BCUT2D eigenvalue weighted by Crippen LogP contribution is -1.98. The van der Waals surface area contributed by atoms with Gasteiger partial charge in [-0.25, -0.2) is 22.8 Å². The predicted molar refractivity (Wildman–Crippen MR) is 116 cm³/mol. The van der Waals surface area contributed by atoms with Crippen LogP contribution < -0.4 is 5.32 Å². The molecule has 4 aromatic rings. The number of hydrogen-bond donors (Lipinski definition) is 2. The zero-order valence-corrected chi connectivity index (χ0v) is 17.1. The van der Waals surface area contributed by atoms with Crippen molar-refractivity contribution in [2.24, 2.45) is 0 Å². The number of nitrogens with one attached hydrogen (secondary N) is 1. The molecule has 31 heavy (non-hydrogen) atoms. The first-order chi connectivity index (χ1) is 14.8. The van der Waals surface area contributed by atoms with E-state index in [1.807, 2.05) is 0 Å². The Morgan fingerprint density at radius 3 is 2.48 bits per heavy atom. The molecule has 0 bridgehead atoms. The standard InChI is InChI=1S/C23H16FN3O3S/c1-31(29,30)20-5-3-18(4-6-20)27-23-13-21-16(14-26-23)8-9-25-22(21)7-2-15-10-17(24)12-19(28)11-15/h3-6,8-14,28H,1H3,(H,26,27). The summed E-state index contributed by atoms with van der Waals surface area (Å²) in [6.45, 7) is 0. The number of aromatic nitrogens is 2. The highest BCUT2D eigenvalue weighted by atomic mass is 32.2. The normalized spacial score (nSPS) is 11.0. The van der Waals surface area contributed by atoms with Crippen molar-refractivity contribution in [2.45, 2.75) is 4.90 Å². The van der Waals surface area contributed by atoms with Crippen LogP contribution in [-0.2, 0) is 9.84 Å². The Bertz CT molecular complexity index is 1440. The lowest BCUT2D eigenvalue weighted by molar-refractivity contribution is 0.469. The molecule has 0 amide bonds. The third-order valence-electron chi connectivity index (χ3n) is 4.41. The summed E-state index contributed by atoms with van der Waals surface area (Å²) in [5.41, 5.74) is 1.47. The predicted octanol–water partition coefficient (Wildman–Crippen LogP) is 4.02. The van der Waals surface area contributed by atoms with Crippen molar-refractivity contribution in [3.05, 3.63) is 84.1 Å². The number of fused-ring (bicyclic) bond motifs is 1. The maximum atomic E-state index is 13.5. The Morgan fingerprint density at radius 2 is 1.77 bits per heavy atom. The summed E-state index contributed by atoms with van der Waals surface area (Å²) < 4.78 is 36.7. The highest BCUT2D eigenvalue weighted by molar-refractivity contribution is 7.90. The van der Waals surface area contributed by atoms with E-state index in [1.165, 1.54) is 24.3 Å². The lowest BCUT2D eigenvalue weighted by atomic mass is 10.1. The number of halogens is 1. The summed E-state index contributed by atoms with van der Waals surface area (Å²) in [6.07, 6.45) is 4.43. The topological polar surface area (TPSA) is 92.2 Å². The van der Waals surface area contributed by atoms with Gasteiger partial charge in [0.1, 0.15) is 23.1 Å². The Kier molecular flexibility index (Phi) is 5.28. The van der Waals surface area contributed by atoms with Gasteiger partial charge in [0.15, 0.2) is 9.84 Å². The average molecular weight is 433 g/mol. The van der Waals surface area contributed by atoms with Crippen molar-refractivity contribution in [1.29, 1.82) is 0 Å². The Balaban J connectivity index is 1.67. The van der Waals surface area contributed by atoms with E-state index in [9.17, 15) is 17.9 Å². The fourth-order valence-electron chi connectivity index (χ4n) is 2.94. The van der Waals surface area contributed by atoms with Gasteiger partial charge >= 0.3 is 0 Å². The fourth-order valence-corrected chi connectivity index (χ4v) is 3.57. The third kappa shape index (κ3) is 4.79. The molecule has 0 aliphatic heterocycles. The molecule has 4 rings (SSSR count). The van der Waals surface area contributed by atoms with Crippen LogP contribution in [0.5, 0.6) is 5.75 Å². The maximum absolute atomic E-state index is 13.5. The molecule has 2 aromatic heterocycles. The minimum Gasteiger partial charge on any atom is -0.508 e. The molecule has 2 N–H and O–H groups in total. The lowest BCUT2D eigenvalue weighted by Gasteiger charge is -2.08. The number of sulfone groups is 1. The zero-order valence-electron chi connectivity index (χ0n) is 16.3. The Labute approximate surface area is 178 Å². The summed E-state index contributed by atoms with van der Waals surface area (Å²) in [5, 5.41) is 14.2. The number of aromatic hydroxyl groups is 1. The van der Waals surface area contributed by atoms with Crippen LogP contribution in [0.3, 0.4) is 0 Å². The van der Waals surface area contributed by atoms with Gasteiger partial charge in [0, 0.05) is 46.7 Å². The van der Waals surface area contributed by atoms with Gasteiger partial charge < -0.3 is 10.4 Å². The number of nitrogens with zero attached hydrogens (tertiary/aromatic N) is 2. The first-order valence-electron chi connectivity index (χ1n) is 9.11. The molecule has 6 nitrogen and oxygen atoms in total. The van der Waals surface area contributed by atoms with E-state index >= 15 is 0 Å². The van der Waals surface area contributed by atoms with Crippen molar-refractivity contribution < 1.29 is 17.9 Å². The summed E-state index contributed by atoms with van der Waals surface area (Å²) >= 11 is 0. The van der Waals surface area contributed by atoms with E-state index in [-0.39, 0.29) is 10.6 Å². The van der Waals surface area contributed by atoms with Gasteiger partial charge in [-0.3, -0.25) is 0 Å². The highest BCUT2D eigenvalue weighted by Gasteiger charge is 2.07. The monoisotopic (exact) mass is 433 g/mol. The second-order valence-electron chi connectivity index (χ2n) is 6.82. The molecular weight excluding hydrogens is 417 g/mol.